The van der Waals surface area contributed by atoms with Gasteiger partial charge in [-0.2, -0.15) is 0 Å². The third-order valence-corrected chi connectivity index (χ3v) is 5.13. The second kappa shape index (κ2) is 4.70. The van der Waals surface area contributed by atoms with Crippen LogP contribution in [0.4, 0.5) is 0 Å². The number of carboxylic acids is 1. The van der Waals surface area contributed by atoms with E-state index in [0.717, 1.165) is 0 Å². The molecule has 0 saturated carbocycles. The monoisotopic (exact) mass is 282 g/mol. The van der Waals surface area contributed by atoms with Crippen LogP contribution in [0.1, 0.15) is 29.8 Å². The average molecular weight is 282 g/mol. The zero-order chi connectivity index (χ0) is 14.2. The summed E-state index contributed by atoms with van der Waals surface area (Å²) in [7, 11) is -3.31. The lowest BCUT2D eigenvalue weighted by atomic mass is 10.1. The summed E-state index contributed by atoms with van der Waals surface area (Å²) in [6.45, 7) is 3.19. The molecule has 0 spiro atoms. The summed E-state index contributed by atoms with van der Waals surface area (Å²) in [5.41, 5.74) is 0.829. The molecular weight excluding hydrogens is 268 g/mol. The van der Waals surface area contributed by atoms with Gasteiger partial charge in [0, 0.05) is 10.9 Å². The Morgan fingerprint density at radius 1 is 1.37 bits per heavy atom. The van der Waals surface area contributed by atoms with Crippen LogP contribution in [-0.4, -0.2) is 24.7 Å². The Labute approximate surface area is 110 Å². The first kappa shape index (κ1) is 13.6. The van der Waals surface area contributed by atoms with Gasteiger partial charge in [0.25, 0.3) is 0 Å². The maximum absolute atomic E-state index is 11.9. The summed E-state index contributed by atoms with van der Waals surface area (Å²) in [4.78, 5) is 11.2. The standard InChI is InChI=1S/C13H14O5S/c1-8(2)19(16,17)7-9-6-18-11-5-3-4-10(12(9)11)13(14)15/h3-6,8H,7H2,1-2H3,(H,14,15). The molecule has 0 amide bonds. The molecule has 19 heavy (non-hydrogen) atoms. The molecule has 102 valence electrons. The minimum atomic E-state index is -3.31. The van der Waals surface area contributed by atoms with E-state index >= 15 is 0 Å². The summed E-state index contributed by atoms with van der Waals surface area (Å²) >= 11 is 0. The number of benzene rings is 1. The third-order valence-electron chi connectivity index (χ3n) is 2.98. The van der Waals surface area contributed by atoms with E-state index < -0.39 is 21.1 Å². The van der Waals surface area contributed by atoms with Crippen LogP contribution in [0, 0.1) is 0 Å². The number of aromatic carboxylic acids is 1. The van der Waals surface area contributed by atoms with Crippen LogP contribution in [0.3, 0.4) is 0 Å². The Hall–Kier alpha value is -1.82. The predicted octanol–water partition coefficient (Wildman–Crippen LogP) is 2.45. The van der Waals surface area contributed by atoms with Crippen LogP contribution in [0.2, 0.25) is 0 Å². The first-order valence-corrected chi connectivity index (χ1v) is 7.48. The van der Waals surface area contributed by atoms with E-state index in [9.17, 15) is 13.2 Å². The van der Waals surface area contributed by atoms with Crippen molar-refractivity contribution in [1.82, 2.24) is 0 Å². The quantitative estimate of drug-likeness (QED) is 0.931. The smallest absolute Gasteiger partial charge is 0.336 e. The van der Waals surface area contributed by atoms with Crippen molar-refractivity contribution in [1.29, 1.82) is 0 Å². The van der Waals surface area contributed by atoms with E-state index in [2.05, 4.69) is 0 Å². The van der Waals surface area contributed by atoms with Crippen molar-refractivity contribution in [2.75, 3.05) is 0 Å². The van der Waals surface area contributed by atoms with Gasteiger partial charge in [-0.1, -0.05) is 6.07 Å². The van der Waals surface area contributed by atoms with Crippen LogP contribution >= 0.6 is 0 Å². The molecule has 0 aliphatic heterocycles. The summed E-state index contributed by atoms with van der Waals surface area (Å²) in [5, 5.41) is 8.98. The zero-order valence-electron chi connectivity index (χ0n) is 10.6. The van der Waals surface area contributed by atoms with E-state index in [-0.39, 0.29) is 11.3 Å². The first-order valence-electron chi connectivity index (χ1n) is 5.77. The Morgan fingerprint density at radius 2 is 2.05 bits per heavy atom. The second-order valence-electron chi connectivity index (χ2n) is 4.60. The molecule has 0 radical (unpaired) electrons. The highest BCUT2D eigenvalue weighted by atomic mass is 32.2. The summed E-state index contributed by atoms with van der Waals surface area (Å²) in [6, 6.07) is 4.62. The fourth-order valence-corrected chi connectivity index (χ4v) is 2.80. The van der Waals surface area contributed by atoms with E-state index in [0.29, 0.717) is 16.5 Å². The molecule has 1 heterocycles. The molecule has 1 aromatic heterocycles. The number of rotatable bonds is 4. The normalized spacial score (nSPS) is 12.2. The van der Waals surface area contributed by atoms with Gasteiger partial charge in [0.1, 0.15) is 5.58 Å². The Bertz CT molecular complexity index is 725. The van der Waals surface area contributed by atoms with Gasteiger partial charge in [0.15, 0.2) is 9.84 Å². The molecule has 6 heteroatoms. The van der Waals surface area contributed by atoms with E-state index in [1.54, 1.807) is 26.0 Å². The predicted molar refractivity (Wildman–Crippen MR) is 70.9 cm³/mol. The molecule has 0 fully saturated rings. The Kier molecular flexibility index (Phi) is 3.36. The molecular formula is C13H14O5S. The number of hydrogen-bond acceptors (Lipinski definition) is 4. The molecule has 2 rings (SSSR count). The molecule has 0 aliphatic rings. The van der Waals surface area contributed by atoms with Crippen molar-refractivity contribution in [2.45, 2.75) is 24.9 Å². The maximum atomic E-state index is 11.9. The molecule has 2 aromatic rings. The van der Waals surface area contributed by atoms with Gasteiger partial charge < -0.3 is 9.52 Å². The van der Waals surface area contributed by atoms with E-state index in [1.165, 1.54) is 12.3 Å². The largest absolute Gasteiger partial charge is 0.478 e. The third kappa shape index (κ3) is 2.49. The first-order chi connectivity index (χ1) is 8.83. The fourth-order valence-electron chi connectivity index (χ4n) is 1.82. The molecule has 0 bridgehead atoms. The second-order valence-corrected chi connectivity index (χ2v) is 7.16. The average Bonchev–Trinajstić information content (AvgIpc) is 2.71. The number of fused-ring (bicyclic) bond motifs is 1. The van der Waals surface area contributed by atoms with Crippen molar-refractivity contribution in [3.63, 3.8) is 0 Å². The van der Waals surface area contributed by atoms with Crippen LogP contribution in [-0.2, 0) is 15.6 Å². The minimum Gasteiger partial charge on any atom is -0.478 e. The highest BCUT2D eigenvalue weighted by Crippen LogP contribution is 2.27. The molecule has 0 saturated heterocycles. The lowest BCUT2D eigenvalue weighted by Gasteiger charge is -2.06. The van der Waals surface area contributed by atoms with Gasteiger partial charge in [0.05, 0.1) is 22.8 Å². The summed E-state index contributed by atoms with van der Waals surface area (Å²) < 4.78 is 29.1. The van der Waals surface area contributed by atoms with Gasteiger partial charge >= 0.3 is 5.97 Å². The van der Waals surface area contributed by atoms with Crippen molar-refractivity contribution in [3.05, 3.63) is 35.6 Å². The Balaban J connectivity index is 2.60. The van der Waals surface area contributed by atoms with Gasteiger partial charge in [0.2, 0.25) is 0 Å². The van der Waals surface area contributed by atoms with E-state index in [4.69, 9.17) is 9.52 Å². The van der Waals surface area contributed by atoms with Crippen LogP contribution in [0.25, 0.3) is 11.0 Å². The highest BCUT2D eigenvalue weighted by molar-refractivity contribution is 7.91. The molecule has 5 nitrogen and oxygen atoms in total. The van der Waals surface area contributed by atoms with Crippen LogP contribution < -0.4 is 0 Å². The SMILES string of the molecule is CC(C)S(=O)(=O)Cc1coc2cccc(C(=O)O)c12. The van der Waals surface area contributed by atoms with Crippen LogP contribution in [0.15, 0.2) is 28.9 Å². The minimum absolute atomic E-state index is 0.0557. The number of sulfone groups is 1. The van der Waals surface area contributed by atoms with E-state index in [1.807, 2.05) is 0 Å². The number of hydrogen-bond donors (Lipinski definition) is 1. The number of carboxylic acid groups (broad SMARTS) is 1. The van der Waals surface area contributed by atoms with Crippen molar-refractivity contribution in [3.8, 4) is 0 Å². The number of furan rings is 1. The van der Waals surface area contributed by atoms with Crippen molar-refractivity contribution >= 4 is 26.8 Å². The summed E-state index contributed by atoms with van der Waals surface area (Å²) in [5.74, 6) is -1.32. The lowest BCUT2D eigenvalue weighted by Crippen LogP contribution is -2.16. The van der Waals surface area contributed by atoms with Gasteiger partial charge in [-0.15, -0.1) is 0 Å². The maximum Gasteiger partial charge on any atom is 0.336 e. The van der Waals surface area contributed by atoms with Crippen molar-refractivity contribution in [2.24, 2.45) is 0 Å². The summed E-state index contributed by atoms with van der Waals surface area (Å²) in [6.07, 6.45) is 1.32. The lowest BCUT2D eigenvalue weighted by molar-refractivity contribution is 0.0699. The molecule has 0 aliphatic carbocycles. The fraction of sp³-hybridized carbons (Fsp3) is 0.308. The Morgan fingerprint density at radius 3 is 2.63 bits per heavy atom. The van der Waals surface area contributed by atoms with Crippen LogP contribution in [0.5, 0.6) is 0 Å². The number of carbonyl (C=O) groups is 1. The molecule has 0 unspecified atom stereocenters. The highest BCUT2D eigenvalue weighted by Gasteiger charge is 2.22. The zero-order valence-corrected chi connectivity index (χ0v) is 11.4. The molecule has 1 aromatic carbocycles. The van der Waals surface area contributed by atoms with Gasteiger partial charge in [-0.25, -0.2) is 13.2 Å². The topological polar surface area (TPSA) is 84.6 Å². The van der Waals surface area contributed by atoms with Gasteiger partial charge in [-0.05, 0) is 26.0 Å². The van der Waals surface area contributed by atoms with Gasteiger partial charge in [-0.3, -0.25) is 0 Å². The molecule has 0 atom stereocenters. The molecule has 1 N–H and O–H groups in total. The van der Waals surface area contributed by atoms with Crippen molar-refractivity contribution < 1.29 is 22.7 Å².